The second-order valence-electron chi connectivity index (χ2n) is 7.75. The maximum absolute atomic E-state index is 12.8. The Labute approximate surface area is 170 Å². The van der Waals surface area contributed by atoms with E-state index in [9.17, 15) is 13.6 Å². The summed E-state index contributed by atoms with van der Waals surface area (Å²) in [6.45, 7) is -2.95. The molecule has 9 heteroatoms. The standard InChI is InChI=1S/C21H21F2N3O4/c1-28-19(10-2-3-10)17-16-13(9-24-26-20(16)27)25-18(17)11-4-7-14(30-21(22)23)15(8-11)29-12-5-6-12/h4,7-10,12,19,21,25H,2-3,5-6H2,1H3,(H,26,27). The summed E-state index contributed by atoms with van der Waals surface area (Å²) < 4.78 is 41.9. The predicted octanol–water partition coefficient (Wildman–Crippen LogP) is 4.16. The fraction of sp³-hybridized carbons (Fsp3) is 0.429. The number of aromatic amines is 2. The van der Waals surface area contributed by atoms with Gasteiger partial charge in [0, 0.05) is 18.2 Å². The Balaban J connectivity index is 1.67. The highest BCUT2D eigenvalue weighted by atomic mass is 19.3. The molecule has 0 bridgehead atoms. The second-order valence-corrected chi connectivity index (χ2v) is 7.75. The highest BCUT2D eigenvalue weighted by molar-refractivity contribution is 5.90. The molecule has 5 rings (SSSR count). The van der Waals surface area contributed by atoms with Gasteiger partial charge in [0.25, 0.3) is 5.56 Å². The number of alkyl halides is 2. The zero-order valence-corrected chi connectivity index (χ0v) is 16.3. The molecule has 2 heterocycles. The normalized spacial score (nSPS) is 17.5. The SMILES string of the molecule is COC(c1c(-c2ccc(OC(F)F)c(OC3CC3)c2)[nH]c2cn[nH]c(=O)c12)C1CC1. The van der Waals surface area contributed by atoms with E-state index in [1.54, 1.807) is 25.4 Å². The van der Waals surface area contributed by atoms with Crippen molar-refractivity contribution in [3.8, 4) is 22.8 Å². The van der Waals surface area contributed by atoms with E-state index in [4.69, 9.17) is 9.47 Å². The zero-order chi connectivity index (χ0) is 20.8. The Bertz CT molecular complexity index is 1130. The largest absolute Gasteiger partial charge is 0.487 e. The van der Waals surface area contributed by atoms with Crippen LogP contribution >= 0.6 is 0 Å². The molecule has 2 aliphatic rings. The van der Waals surface area contributed by atoms with Crippen LogP contribution in [0.4, 0.5) is 8.78 Å². The number of aromatic nitrogens is 3. The van der Waals surface area contributed by atoms with Crippen molar-refractivity contribution >= 4 is 10.9 Å². The highest BCUT2D eigenvalue weighted by Gasteiger charge is 2.37. The Morgan fingerprint density at radius 3 is 2.63 bits per heavy atom. The number of rotatable bonds is 8. The molecule has 2 aromatic heterocycles. The lowest BCUT2D eigenvalue weighted by atomic mass is 9.98. The minimum atomic E-state index is -2.95. The first kappa shape index (κ1) is 19.0. The van der Waals surface area contributed by atoms with Gasteiger partial charge in [-0.1, -0.05) is 0 Å². The van der Waals surface area contributed by atoms with Crippen LogP contribution in [0, 0.1) is 5.92 Å². The van der Waals surface area contributed by atoms with Crippen LogP contribution in [0.5, 0.6) is 11.5 Å². The minimum Gasteiger partial charge on any atom is -0.487 e. The third kappa shape index (κ3) is 3.54. The Kier molecular flexibility index (Phi) is 4.69. The summed E-state index contributed by atoms with van der Waals surface area (Å²) in [6, 6.07) is 4.81. The molecule has 2 N–H and O–H groups in total. The predicted molar refractivity (Wildman–Crippen MR) is 105 cm³/mol. The van der Waals surface area contributed by atoms with E-state index >= 15 is 0 Å². The molecule has 2 saturated carbocycles. The van der Waals surface area contributed by atoms with Gasteiger partial charge in [0.2, 0.25) is 0 Å². The first-order chi connectivity index (χ1) is 14.5. The molecule has 0 spiro atoms. The van der Waals surface area contributed by atoms with Crippen molar-refractivity contribution in [2.75, 3.05) is 7.11 Å². The van der Waals surface area contributed by atoms with Crippen LogP contribution in [0.15, 0.2) is 29.2 Å². The fourth-order valence-electron chi connectivity index (χ4n) is 3.86. The van der Waals surface area contributed by atoms with Crippen molar-refractivity contribution in [1.82, 2.24) is 15.2 Å². The molecule has 30 heavy (non-hydrogen) atoms. The first-order valence-electron chi connectivity index (χ1n) is 9.93. The fourth-order valence-corrected chi connectivity index (χ4v) is 3.86. The monoisotopic (exact) mass is 417 g/mol. The summed E-state index contributed by atoms with van der Waals surface area (Å²) in [6.07, 6.45) is 5.10. The van der Waals surface area contributed by atoms with Crippen molar-refractivity contribution < 1.29 is 23.0 Å². The van der Waals surface area contributed by atoms with Crippen LogP contribution in [0.25, 0.3) is 22.2 Å². The molecule has 1 aromatic carbocycles. The van der Waals surface area contributed by atoms with Gasteiger partial charge in [-0.05, 0) is 49.8 Å². The summed E-state index contributed by atoms with van der Waals surface area (Å²) >= 11 is 0. The third-order valence-corrected chi connectivity index (χ3v) is 5.51. The number of ether oxygens (including phenoxy) is 3. The Morgan fingerprint density at radius 2 is 1.97 bits per heavy atom. The summed E-state index contributed by atoms with van der Waals surface area (Å²) in [4.78, 5) is 15.9. The molecule has 1 unspecified atom stereocenters. The lowest BCUT2D eigenvalue weighted by molar-refractivity contribution is -0.0516. The molecule has 3 aromatic rings. The lowest BCUT2D eigenvalue weighted by Crippen LogP contribution is -2.12. The van der Waals surface area contributed by atoms with Crippen molar-refractivity contribution in [3.05, 3.63) is 40.3 Å². The van der Waals surface area contributed by atoms with Crippen LogP contribution in [-0.4, -0.2) is 35.0 Å². The number of halogens is 2. The first-order valence-corrected chi connectivity index (χ1v) is 9.93. The van der Waals surface area contributed by atoms with Gasteiger partial charge in [0.1, 0.15) is 0 Å². The average molecular weight is 417 g/mol. The number of hydrogen-bond acceptors (Lipinski definition) is 5. The van der Waals surface area contributed by atoms with Gasteiger partial charge < -0.3 is 19.2 Å². The maximum atomic E-state index is 12.8. The van der Waals surface area contributed by atoms with Gasteiger partial charge >= 0.3 is 6.61 Å². The van der Waals surface area contributed by atoms with Gasteiger partial charge in [-0.15, -0.1) is 0 Å². The molecule has 2 aliphatic carbocycles. The molecule has 7 nitrogen and oxygen atoms in total. The molecule has 158 valence electrons. The average Bonchev–Trinajstić information content (AvgIpc) is 3.63. The van der Waals surface area contributed by atoms with Crippen LogP contribution in [0.1, 0.15) is 37.4 Å². The van der Waals surface area contributed by atoms with E-state index < -0.39 is 6.61 Å². The van der Waals surface area contributed by atoms with Gasteiger partial charge in [-0.3, -0.25) is 4.79 Å². The summed E-state index contributed by atoms with van der Waals surface area (Å²) in [5.74, 6) is 0.569. The third-order valence-electron chi connectivity index (χ3n) is 5.51. The molecule has 2 fully saturated rings. The number of nitrogens with one attached hydrogen (secondary N) is 2. The van der Waals surface area contributed by atoms with E-state index in [1.165, 1.54) is 6.07 Å². The Hall–Kier alpha value is -2.94. The number of hydrogen-bond donors (Lipinski definition) is 2. The van der Waals surface area contributed by atoms with Gasteiger partial charge in [0.15, 0.2) is 11.5 Å². The molecular weight excluding hydrogens is 396 g/mol. The summed E-state index contributed by atoms with van der Waals surface area (Å²) in [7, 11) is 1.63. The zero-order valence-electron chi connectivity index (χ0n) is 16.3. The molecular formula is C21H21F2N3O4. The molecule has 0 saturated heterocycles. The maximum Gasteiger partial charge on any atom is 0.387 e. The quantitative estimate of drug-likeness (QED) is 0.575. The number of H-pyrrole nitrogens is 2. The van der Waals surface area contributed by atoms with Crippen molar-refractivity contribution in [3.63, 3.8) is 0 Å². The van der Waals surface area contributed by atoms with Crippen LogP contribution in [0.3, 0.4) is 0 Å². The van der Waals surface area contributed by atoms with E-state index in [2.05, 4.69) is 19.9 Å². The van der Waals surface area contributed by atoms with Crippen molar-refractivity contribution in [1.29, 1.82) is 0 Å². The smallest absolute Gasteiger partial charge is 0.387 e. The van der Waals surface area contributed by atoms with Crippen LogP contribution in [-0.2, 0) is 4.74 Å². The summed E-state index contributed by atoms with van der Waals surface area (Å²) in [5.41, 5.74) is 2.41. The second kappa shape index (κ2) is 7.39. The molecule has 0 amide bonds. The van der Waals surface area contributed by atoms with E-state index in [-0.39, 0.29) is 29.3 Å². The van der Waals surface area contributed by atoms with Gasteiger partial charge in [-0.2, -0.15) is 13.9 Å². The van der Waals surface area contributed by atoms with E-state index in [0.29, 0.717) is 28.1 Å². The molecule has 0 radical (unpaired) electrons. The van der Waals surface area contributed by atoms with E-state index in [0.717, 1.165) is 31.2 Å². The number of fused-ring (bicyclic) bond motifs is 1. The lowest BCUT2D eigenvalue weighted by Gasteiger charge is -2.17. The topological polar surface area (TPSA) is 89.2 Å². The van der Waals surface area contributed by atoms with Crippen molar-refractivity contribution in [2.24, 2.45) is 5.92 Å². The van der Waals surface area contributed by atoms with Crippen molar-refractivity contribution in [2.45, 2.75) is 44.5 Å². The summed E-state index contributed by atoms with van der Waals surface area (Å²) in [5, 5.41) is 6.86. The number of methoxy groups -OCH3 is 1. The van der Waals surface area contributed by atoms with Crippen LogP contribution < -0.4 is 15.0 Å². The van der Waals surface area contributed by atoms with Gasteiger partial charge in [-0.25, -0.2) is 5.10 Å². The molecule has 1 atom stereocenters. The highest BCUT2D eigenvalue weighted by Crippen LogP contribution is 2.48. The van der Waals surface area contributed by atoms with Crippen LogP contribution in [0.2, 0.25) is 0 Å². The van der Waals surface area contributed by atoms with Gasteiger partial charge in [0.05, 0.1) is 35.0 Å². The number of benzene rings is 1. The molecule has 0 aliphatic heterocycles. The Morgan fingerprint density at radius 1 is 1.17 bits per heavy atom. The number of nitrogens with zero attached hydrogens (tertiary/aromatic N) is 1. The van der Waals surface area contributed by atoms with E-state index in [1.807, 2.05) is 0 Å². The minimum absolute atomic E-state index is 0.00712.